The van der Waals surface area contributed by atoms with Crippen LogP contribution in [0.5, 0.6) is 11.5 Å². The number of carbonyl (C=O) groups excluding carboxylic acids is 1. The molecule has 0 atom stereocenters. The summed E-state index contributed by atoms with van der Waals surface area (Å²) in [7, 11) is 3.21. The van der Waals surface area contributed by atoms with Crippen molar-refractivity contribution in [3.05, 3.63) is 54.1 Å². The molecule has 148 valence electrons. The Bertz CT molecular complexity index is 1070. The van der Waals surface area contributed by atoms with E-state index in [1.807, 2.05) is 48.5 Å². The number of carbonyl (C=O) groups is 1. The van der Waals surface area contributed by atoms with Crippen molar-refractivity contribution in [3.8, 4) is 22.8 Å². The van der Waals surface area contributed by atoms with Crippen LogP contribution >= 0.6 is 11.8 Å². The van der Waals surface area contributed by atoms with E-state index in [0.717, 1.165) is 21.0 Å². The number of hydrogen-bond acceptors (Lipinski definition) is 7. The van der Waals surface area contributed by atoms with Gasteiger partial charge in [-0.25, -0.2) is 9.78 Å². The number of nitrogens with zero attached hydrogens (tertiary/aromatic N) is 1. The molecule has 2 heterocycles. The van der Waals surface area contributed by atoms with Crippen molar-refractivity contribution in [2.75, 3.05) is 26.1 Å². The SMILES string of the molecule is CCOC(=O)c1cc2c(nc1-c1ccccc1)Nc1cc(OC)c(OC)cc1S2. The van der Waals surface area contributed by atoms with Gasteiger partial charge in [0.25, 0.3) is 0 Å². The van der Waals surface area contributed by atoms with Crippen LogP contribution < -0.4 is 14.8 Å². The minimum absolute atomic E-state index is 0.301. The van der Waals surface area contributed by atoms with E-state index < -0.39 is 0 Å². The number of esters is 1. The van der Waals surface area contributed by atoms with Crippen LogP contribution in [-0.2, 0) is 4.74 Å². The largest absolute Gasteiger partial charge is 0.493 e. The smallest absolute Gasteiger partial charge is 0.340 e. The lowest BCUT2D eigenvalue weighted by molar-refractivity contribution is 0.0526. The number of hydrogen-bond donors (Lipinski definition) is 1. The molecule has 1 aliphatic rings. The lowest BCUT2D eigenvalue weighted by atomic mass is 10.1. The van der Waals surface area contributed by atoms with Crippen LogP contribution in [0.4, 0.5) is 11.5 Å². The third-order valence-corrected chi connectivity index (χ3v) is 5.58. The third-order valence-electron chi connectivity index (χ3n) is 4.49. The van der Waals surface area contributed by atoms with Crippen LogP contribution in [0.3, 0.4) is 0 Å². The van der Waals surface area contributed by atoms with E-state index in [0.29, 0.717) is 35.2 Å². The number of rotatable bonds is 5. The molecule has 4 rings (SSSR count). The van der Waals surface area contributed by atoms with Gasteiger partial charge in [-0.2, -0.15) is 0 Å². The average Bonchev–Trinajstić information content (AvgIpc) is 2.76. The zero-order valence-corrected chi connectivity index (χ0v) is 17.1. The number of ether oxygens (including phenoxy) is 3. The number of benzene rings is 2. The second-order valence-electron chi connectivity index (χ2n) is 6.25. The predicted octanol–water partition coefficient (Wildman–Crippen LogP) is 5.15. The summed E-state index contributed by atoms with van der Waals surface area (Å²) in [5.74, 6) is 1.57. The van der Waals surface area contributed by atoms with Gasteiger partial charge in [-0.3, -0.25) is 0 Å². The van der Waals surface area contributed by atoms with Crippen molar-refractivity contribution in [2.45, 2.75) is 16.7 Å². The second kappa shape index (κ2) is 8.05. The molecule has 0 saturated carbocycles. The lowest BCUT2D eigenvalue weighted by Gasteiger charge is -2.23. The summed E-state index contributed by atoms with van der Waals surface area (Å²) in [6.07, 6.45) is 0. The molecule has 0 unspecified atom stereocenters. The molecular weight excluding hydrogens is 388 g/mol. The van der Waals surface area contributed by atoms with Gasteiger partial charge < -0.3 is 19.5 Å². The summed E-state index contributed by atoms with van der Waals surface area (Å²) in [5.41, 5.74) is 2.74. The van der Waals surface area contributed by atoms with Crippen molar-refractivity contribution in [3.63, 3.8) is 0 Å². The second-order valence-corrected chi connectivity index (χ2v) is 7.33. The number of nitrogens with one attached hydrogen (secondary N) is 1. The Morgan fingerprint density at radius 3 is 2.45 bits per heavy atom. The summed E-state index contributed by atoms with van der Waals surface area (Å²) in [4.78, 5) is 19.2. The minimum Gasteiger partial charge on any atom is -0.493 e. The molecule has 0 aliphatic carbocycles. The normalized spacial score (nSPS) is 11.7. The molecular formula is C22H20N2O4S. The van der Waals surface area contributed by atoms with Gasteiger partial charge >= 0.3 is 5.97 Å². The molecule has 0 radical (unpaired) electrons. The van der Waals surface area contributed by atoms with Crippen LogP contribution in [0.1, 0.15) is 17.3 Å². The molecule has 7 heteroatoms. The number of methoxy groups -OCH3 is 2. The van der Waals surface area contributed by atoms with Crippen LogP contribution in [0.15, 0.2) is 58.3 Å². The first-order chi connectivity index (χ1) is 14.1. The van der Waals surface area contributed by atoms with Gasteiger partial charge in [-0.05, 0) is 13.0 Å². The van der Waals surface area contributed by atoms with E-state index in [2.05, 4.69) is 5.32 Å². The number of fused-ring (bicyclic) bond motifs is 2. The molecule has 0 spiro atoms. The van der Waals surface area contributed by atoms with E-state index in [1.54, 1.807) is 21.1 Å². The molecule has 1 aliphatic heterocycles. The van der Waals surface area contributed by atoms with Gasteiger partial charge in [-0.1, -0.05) is 42.1 Å². The quantitative estimate of drug-likeness (QED) is 0.458. The zero-order chi connectivity index (χ0) is 20.4. The van der Waals surface area contributed by atoms with Crippen LogP contribution in [0.25, 0.3) is 11.3 Å². The van der Waals surface area contributed by atoms with Gasteiger partial charge in [0.15, 0.2) is 11.5 Å². The number of aromatic nitrogens is 1. The Labute approximate surface area is 173 Å². The minimum atomic E-state index is -0.389. The zero-order valence-electron chi connectivity index (χ0n) is 16.3. The van der Waals surface area contributed by atoms with Crippen molar-refractivity contribution < 1.29 is 19.0 Å². The Kier molecular flexibility index (Phi) is 5.31. The lowest BCUT2D eigenvalue weighted by Crippen LogP contribution is -2.11. The van der Waals surface area contributed by atoms with Crippen LogP contribution in [-0.4, -0.2) is 31.8 Å². The highest BCUT2D eigenvalue weighted by Crippen LogP contribution is 2.48. The van der Waals surface area contributed by atoms with E-state index in [4.69, 9.17) is 19.2 Å². The molecule has 1 aromatic heterocycles. The first-order valence-electron chi connectivity index (χ1n) is 9.13. The monoisotopic (exact) mass is 408 g/mol. The summed E-state index contributed by atoms with van der Waals surface area (Å²) < 4.78 is 16.1. The van der Waals surface area contributed by atoms with Gasteiger partial charge in [0.1, 0.15) is 5.82 Å². The van der Waals surface area contributed by atoms with Gasteiger partial charge in [0.2, 0.25) is 0 Å². The first kappa shape index (κ1) is 19.1. The number of pyridine rings is 1. The third kappa shape index (κ3) is 3.61. The van der Waals surface area contributed by atoms with Crippen LogP contribution in [0, 0.1) is 0 Å². The highest BCUT2D eigenvalue weighted by Gasteiger charge is 2.25. The molecule has 0 saturated heterocycles. The highest BCUT2D eigenvalue weighted by atomic mass is 32.2. The van der Waals surface area contributed by atoms with E-state index in [9.17, 15) is 4.79 Å². The molecule has 29 heavy (non-hydrogen) atoms. The van der Waals surface area contributed by atoms with Gasteiger partial charge in [-0.15, -0.1) is 0 Å². The molecule has 1 N–H and O–H groups in total. The molecule has 6 nitrogen and oxygen atoms in total. The summed E-state index contributed by atoms with van der Waals surface area (Å²) >= 11 is 1.52. The Morgan fingerprint density at radius 2 is 1.76 bits per heavy atom. The van der Waals surface area contributed by atoms with Crippen molar-refractivity contribution in [2.24, 2.45) is 0 Å². The standard InChI is InChI=1S/C22H20N2O4S/c1-4-28-22(25)14-10-19-21(24-20(14)13-8-6-5-7-9-13)23-15-11-16(26-2)17(27-3)12-18(15)29-19/h5-12H,4H2,1-3H3,(H,23,24). The predicted molar refractivity (Wildman–Crippen MR) is 113 cm³/mol. The average molecular weight is 408 g/mol. The fourth-order valence-electron chi connectivity index (χ4n) is 3.13. The Hall–Kier alpha value is -3.19. The van der Waals surface area contributed by atoms with Crippen molar-refractivity contribution in [1.29, 1.82) is 0 Å². The van der Waals surface area contributed by atoms with Crippen molar-refractivity contribution >= 4 is 29.2 Å². The maximum absolute atomic E-state index is 12.6. The van der Waals surface area contributed by atoms with E-state index in [1.165, 1.54) is 11.8 Å². The first-order valence-corrected chi connectivity index (χ1v) is 9.94. The topological polar surface area (TPSA) is 69.7 Å². The highest BCUT2D eigenvalue weighted by molar-refractivity contribution is 7.99. The van der Waals surface area contributed by atoms with Gasteiger partial charge in [0, 0.05) is 22.6 Å². The van der Waals surface area contributed by atoms with Crippen molar-refractivity contribution in [1.82, 2.24) is 4.98 Å². The van der Waals surface area contributed by atoms with E-state index in [-0.39, 0.29) is 5.97 Å². The summed E-state index contributed by atoms with van der Waals surface area (Å²) in [5, 5.41) is 3.36. The maximum Gasteiger partial charge on any atom is 0.340 e. The molecule has 2 aromatic carbocycles. The maximum atomic E-state index is 12.6. The number of anilines is 2. The summed E-state index contributed by atoms with van der Waals surface area (Å²) in [6, 6.07) is 15.2. The fourth-order valence-corrected chi connectivity index (χ4v) is 4.12. The van der Waals surface area contributed by atoms with E-state index >= 15 is 0 Å². The fraction of sp³-hybridized carbons (Fsp3) is 0.182. The molecule has 0 amide bonds. The summed E-state index contributed by atoms with van der Waals surface area (Å²) in [6.45, 7) is 2.09. The molecule has 0 bridgehead atoms. The molecule has 3 aromatic rings. The molecule has 0 fully saturated rings. The van der Waals surface area contributed by atoms with Gasteiger partial charge in [0.05, 0.1) is 42.7 Å². The van der Waals surface area contributed by atoms with Crippen LogP contribution in [0.2, 0.25) is 0 Å². The Balaban J connectivity index is 1.83. The Morgan fingerprint density at radius 1 is 1.03 bits per heavy atom.